The van der Waals surface area contributed by atoms with Gasteiger partial charge < -0.3 is 14.7 Å². The SMILES string of the molecule is COc1cccc(C(=O)N2c3ccccc3C(O)CC2(C)C)c1. The summed E-state index contributed by atoms with van der Waals surface area (Å²) in [6.07, 6.45) is -0.0599. The minimum atomic E-state index is -0.560. The molecule has 1 aliphatic rings. The molecule has 1 atom stereocenters. The molecule has 0 aliphatic carbocycles. The van der Waals surface area contributed by atoms with Crippen LogP contribution in [0.15, 0.2) is 48.5 Å². The van der Waals surface area contributed by atoms with Crippen LogP contribution < -0.4 is 9.64 Å². The van der Waals surface area contributed by atoms with E-state index in [9.17, 15) is 9.90 Å². The number of nitrogens with zero attached hydrogens (tertiary/aromatic N) is 1. The van der Waals surface area contributed by atoms with Gasteiger partial charge in [0.05, 0.1) is 18.9 Å². The molecule has 1 amide bonds. The average Bonchev–Trinajstić information content (AvgIpc) is 2.54. The Morgan fingerprint density at radius 1 is 1.22 bits per heavy atom. The Morgan fingerprint density at radius 2 is 1.96 bits per heavy atom. The van der Waals surface area contributed by atoms with E-state index in [1.807, 2.05) is 50.2 Å². The standard InChI is InChI=1S/C19H21NO3/c1-19(2)12-17(21)15-9-4-5-10-16(15)20(19)18(22)13-7-6-8-14(11-13)23-3/h4-11,17,21H,12H2,1-3H3. The van der Waals surface area contributed by atoms with Crippen molar-refractivity contribution >= 4 is 11.6 Å². The van der Waals surface area contributed by atoms with Crippen molar-refractivity contribution in [1.29, 1.82) is 0 Å². The zero-order valence-corrected chi connectivity index (χ0v) is 13.6. The van der Waals surface area contributed by atoms with Gasteiger partial charge in [0.2, 0.25) is 0 Å². The molecule has 1 N–H and O–H groups in total. The Morgan fingerprint density at radius 3 is 2.70 bits per heavy atom. The number of aliphatic hydroxyl groups excluding tert-OH is 1. The van der Waals surface area contributed by atoms with E-state index < -0.39 is 11.6 Å². The van der Waals surface area contributed by atoms with Gasteiger partial charge >= 0.3 is 0 Å². The van der Waals surface area contributed by atoms with Crippen LogP contribution in [0.4, 0.5) is 5.69 Å². The van der Waals surface area contributed by atoms with Crippen LogP contribution >= 0.6 is 0 Å². The predicted octanol–water partition coefficient (Wildman–Crippen LogP) is 3.56. The smallest absolute Gasteiger partial charge is 0.258 e. The van der Waals surface area contributed by atoms with Crippen LogP contribution in [-0.2, 0) is 0 Å². The number of hydrogen-bond donors (Lipinski definition) is 1. The average molecular weight is 311 g/mol. The summed E-state index contributed by atoms with van der Waals surface area (Å²) in [5.41, 5.74) is 1.66. The summed E-state index contributed by atoms with van der Waals surface area (Å²) in [6, 6.07) is 14.7. The Bertz CT molecular complexity index is 739. The lowest BCUT2D eigenvalue weighted by Crippen LogP contribution is -2.52. The van der Waals surface area contributed by atoms with Gasteiger partial charge in [-0.1, -0.05) is 24.3 Å². The highest BCUT2D eigenvalue weighted by molar-refractivity contribution is 6.08. The molecule has 4 heteroatoms. The van der Waals surface area contributed by atoms with Crippen LogP contribution in [0.2, 0.25) is 0 Å². The summed E-state index contributed by atoms with van der Waals surface area (Å²) < 4.78 is 5.22. The van der Waals surface area contributed by atoms with Crippen molar-refractivity contribution in [2.24, 2.45) is 0 Å². The molecule has 2 aromatic carbocycles. The van der Waals surface area contributed by atoms with E-state index in [1.54, 1.807) is 24.1 Å². The maximum Gasteiger partial charge on any atom is 0.258 e. The Hall–Kier alpha value is -2.33. The normalized spacial score (nSPS) is 19.1. The molecule has 3 rings (SSSR count). The molecule has 0 saturated heterocycles. The number of methoxy groups -OCH3 is 1. The summed E-state index contributed by atoms with van der Waals surface area (Å²) in [7, 11) is 1.58. The summed E-state index contributed by atoms with van der Waals surface area (Å²) in [6.45, 7) is 3.95. The molecule has 0 aromatic heterocycles. The summed E-state index contributed by atoms with van der Waals surface area (Å²) in [4.78, 5) is 14.9. The molecule has 2 aromatic rings. The van der Waals surface area contributed by atoms with E-state index in [-0.39, 0.29) is 5.91 Å². The maximum atomic E-state index is 13.1. The second-order valence-electron chi connectivity index (χ2n) is 6.46. The molecule has 0 saturated carbocycles. The Labute approximate surface area is 136 Å². The number of fused-ring (bicyclic) bond motifs is 1. The van der Waals surface area contributed by atoms with Gasteiger partial charge in [0.1, 0.15) is 5.75 Å². The Balaban J connectivity index is 2.09. The zero-order valence-electron chi connectivity index (χ0n) is 13.6. The first kappa shape index (κ1) is 15.6. The molecule has 0 spiro atoms. The molecule has 0 bridgehead atoms. The van der Waals surface area contributed by atoms with Crippen LogP contribution in [0.1, 0.15) is 42.3 Å². The van der Waals surface area contributed by atoms with E-state index in [1.165, 1.54) is 0 Å². The minimum Gasteiger partial charge on any atom is -0.497 e. The number of para-hydroxylation sites is 1. The van der Waals surface area contributed by atoms with Crippen molar-refractivity contribution < 1.29 is 14.6 Å². The van der Waals surface area contributed by atoms with Crippen molar-refractivity contribution in [3.8, 4) is 5.75 Å². The number of ether oxygens (including phenoxy) is 1. The van der Waals surface area contributed by atoms with E-state index in [2.05, 4.69) is 0 Å². The molecule has 0 fully saturated rings. The van der Waals surface area contributed by atoms with Crippen molar-refractivity contribution in [3.63, 3.8) is 0 Å². The van der Waals surface area contributed by atoms with E-state index in [4.69, 9.17) is 4.74 Å². The van der Waals surface area contributed by atoms with E-state index in [0.717, 1.165) is 11.3 Å². The molecule has 1 aliphatic heterocycles. The number of amides is 1. The molecular weight excluding hydrogens is 290 g/mol. The molecular formula is C19H21NO3. The lowest BCUT2D eigenvalue weighted by molar-refractivity contribution is 0.0895. The number of carbonyl (C=O) groups excluding carboxylic acids is 1. The molecule has 4 nitrogen and oxygen atoms in total. The van der Waals surface area contributed by atoms with Crippen LogP contribution in [0.25, 0.3) is 0 Å². The quantitative estimate of drug-likeness (QED) is 0.922. The van der Waals surface area contributed by atoms with Gasteiger partial charge in [-0.3, -0.25) is 4.79 Å². The molecule has 23 heavy (non-hydrogen) atoms. The molecule has 120 valence electrons. The van der Waals surface area contributed by atoms with Crippen LogP contribution in [0.3, 0.4) is 0 Å². The number of benzene rings is 2. The van der Waals surface area contributed by atoms with Gasteiger partial charge in [0, 0.05) is 23.1 Å². The fourth-order valence-corrected chi connectivity index (χ4v) is 3.24. The third kappa shape index (κ3) is 2.70. The minimum absolute atomic E-state index is 0.0896. The van der Waals surface area contributed by atoms with Crippen molar-refractivity contribution in [1.82, 2.24) is 0 Å². The summed E-state index contributed by atoms with van der Waals surface area (Å²) >= 11 is 0. The topological polar surface area (TPSA) is 49.8 Å². The first-order valence-corrected chi connectivity index (χ1v) is 7.69. The third-order valence-corrected chi connectivity index (χ3v) is 4.35. The summed E-state index contributed by atoms with van der Waals surface area (Å²) in [5, 5.41) is 10.4. The lowest BCUT2D eigenvalue weighted by atomic mass is 9.84. The van der Waals surface area contributed by atoms with Crippen LogP contribution in [0.5, 0.6) is 5.75 Å². The highest BCUT2D eigenvalue weighted by Crippen LogP contribution is 2.42. The van der Waals surface area contributed by atoms with Gasteiger partial charge in [0.15, 0.2) is 0 Å². The number of carbonyl (C=O) groups is 1. The number of rotatable bonds is 2. The first-order valence-electron chi connectivity index (χ1n) is 7.69. The highest BCUT2D eigenvalue weighted by atomic mass is 16.5. The fourth-order valence-electron chi connectivity index (χ4n) is 3.24. The van der Waals surface area contributed by atoms with Crippen molar-refractivity contribution in [3.05, 3.63) is 59.7 Å². The largest absolute Gasteiger partial charge is 0.497 e. The zero-order chi connectivity index (χ0) is 16.6. The van der Waals surface area contributed by atoms with E-state index in [0.29, 0.717) is 17.7 Å². The predicted molar refractivity (Wildman–Crippen MR) is 89.9 cm³/mol. The van der Waals surface area contributed by atoms with Crippen molar-refractivity contribution in [2.75, 3.05) is 12.0 Å². The van der Waals surface area contributed by atoms with Crippen LogP contribution in [0, 0.1) is 0 Å². The van der Waals surface area contributed by atoms with Gasteiger partial charge in [-0.2, -0.15) is 0 Å². The highest BCUT2D eigenvalue weighted by Gasteiger charge is 2.40. The monoisotopic (exact) mass is 311 g/mol. The van der Waals surface area contributed by atoms with Gasteiger partial charge in [-0.25, -0.2) is 0 Å². The Kier molecular flexibility index (Phi) is 3.86. The molecule has 1 unspecified atom stereocenters. The first-order chi connectivity index (χ1) is 10.9. The van der Waals surface area contributed by atoms with Crippen LogP contribution in [-0.4, -0.2) is 23.7 Å². The second-order valence-corrected chi connectivity index (χ2v) is 6.46. The number of hydrogen-bond acceptors (Lipinski definition) is 3. The van der Waals surface area contributed by atoms with Gasteiger partial charge in [0.25, 0.3) is 5.91 Å². The third-order valence-electron chi connectivity index (χ3n) is 4.35. The number of aliphatic hydroxyl groups is 1. The van der Waals surface area contributed by atoms with Crippen molar-refractivity contribution in [2.45, 2.75) is 31.9 Å². The molecule has 1 heterocycles. The molecule has 0 radical (unpaired) electrons. The lowest BCUT2D eigenvalue weighted by Gasteiger charge is -2.45. The second kappa shape index (κ2) is 5.70. The summed E-state index contributed by atoms with van der Waals surface area (Å²) in [5.74, 6) is 0.562. The van der Waals surface area contributed by atoms with Gasteiger partial charge in [-0.05, 0) is 38.1 Å². The van der Waals surface area contributed by atoms with E-state index >= 15 is 0 Å². The number of anilines is 1. The maximum absolute atomic E-state index is 13.1. The van der Waals surface area contributed by atoms with Gasteiger partial charge in [-0.15, -0.1) is 0 Å². The fraction of sp³-hybridized carbons (Fsp3) is 0.316.